The Morgan fingerprint density at radius 3 is 2.18 bits per heavy atom. The zero-order valence-corrected chi connectivity index (χ0v) is 16.6. The molecule has 5 amide bonds. The van der Waals surface area contributed by atoms with Crippen LogP contribution in [0.2, 0.25) is 0 Å². The van der Waals surface area contributed by atoms with Crippen molar-refractivity contribution in [2.75, 3.05) is 46.4 Å². The fourth-order valence-electron chi connectivity index (χ4n) is 2.47. The highest BCUT2D eigenvalue weighted by Crippen LogP contribution is 2.02. The predicted molar refractivity (Wildman–Crippen MR) is 100 cm³/mol. The summed E-state index contributed by atoms with van der Waals surface area (Å²) in [5.74, 6) is -0.939. The molecule has 10 heteroatoms. The van der Waals surface area contributed by atoms with Crippen LogP contribution in [0.25, 0.3) is 0 Å². The summed E-state index contributed by atoms with van der Waals surface area (Å²) in [7, 11) is 1.68. The van der Waals surface area contributed by atoms with Gasteiger partial charge in [-0.25, -0.2) is 4.79 Å². The number of hydrogen-bond donors (Lipinski definition) is 1. The lowest BCUT2D eigenvalue weighted by Crippen LogP contribution is -2.41. The topological polar surface area (TPSA) is 116 Å². The molecule has 0 aromatic rings. The fourth-order valence-corrected chi connectivity index (χ4v) is 2.47. The molecule has 0 fully saturated rings. The molecule has 0 radical (unpaired) electrons. The van der Waals surface area contributed by atoms with Gasteiger partial charge in [0.2, 0.25) is 11.8 Å². The van der Waals surface area contributed by atoms with Crippen molar-refractivity contribution in [2.45, 2.75) is 26.7 Å². The van der Waals surface area contributed by atoms with Gasteiger partial charge in [0.25, 0.3) is 11.8 Å². The summed E-state index contributed by atoms with van der Waals surface area (Å²) in [4.78, 5) is 62.2. The zero-order chi connectivity index (χ0) is 21.1. The number of carbonyl (C=O) groups excluding carboxylic acids is 5. The van der Waals surface area contributed by atoms with Gasteiger partial charge in [0, 0.05) is 58.2 Å². The second-order valence-electron chi connectivity index (χ2n) is 6.13. The van der Waals surface area contributed by atoms with Gasteiger partial charge in [-0.3, -0.25) is 24.1 Å². The Balaban J connectivity index is 2.31. The lowest BCUT2D eigenvalue weighted by molar-refractivity contribution is -0.136. The van der Waals surface area contributed by atoms with Crippen molar-refractivity contribution in [3.8, 4) is 0 Å². The van der Waals surface area contributed by atoms with Gasteiger partial charge < -0.3 is 19.9 Å². The smallest absolute Gasteiger partial charge is 0.407 e. The monoisotopic (exact) mass is 396 g/mol. The Morgan fingerprint density at radius 2 is 1.61 bits per heavy atom. The summed E-state index contributed by atoms with van der Waals surface area (Å²) >= 11 is 0. The van der Waals surface area contributed by atoms with Crippen LogP contribution in [0, 0.1) is 0 Å². The number of nitrogens with zero attached hydrogens (tertiary/aromatic N) is 3. The van der Waals surface area contributed by atoms with Crippen molar-refractivity contribution in [2.24, 2.45) is 0 Å². The Labute approximate surface area is 164 Å². The van der Waals surface area contributed by atoms with Crippen molar-refractivity contribution in [1.82, 2.24) is 20.0 Å². The second-order valence-corrected chi connectivity index (χ2v) is 6.13. The quantitative estimate of drug-likeness (QED) is 0.481. The molecule has 0 bridgehead atoms. The van der Waals surface area contributed by atoms with Crippen LogP contribution in [0.15, 0.2) is 12.2 Å². The Bertz CT molecular complexity index is 616. The molecule has 1 heterocycles. The summed E-state index contributed by atoms with van der Waals surface area (Å²) in [6, 6.07) is 0. The van der Waals surface area contributed by atoms with E-state index in [4.69, 9.17) is 4.74 Å². The second kappa shape index (κ2) is 11.7. The van der Waals surface area contributed by atoms with Gasteiger partial charge in [-0.2, -0.15) is 0 Å². The van der Waals surface area contributed by atoms with Crippen LogP contribution in [0.4, 0.5) is 4.79 Å². The summed E-state index contributed by atoms with van der Waals surface area (Å²) in [5.41, 5.74) is 0. The average molecular weight is 396 g/mol. The van der Waals surface area contributed by atoms with Crippen LogP contribution in [-0.4, -0.2) is 90.8 Å². The first kappa shape index (κ1) is 23.1. The van der Waals surface area contributed by atoms with E-state index in [1.54, 1.807) is 30.7 Å². The highest BCUT2D eigenvalue weighted by atomic mass is 16.5. The standard InChI is InChI=1S/C18H28N4O6/c1-4-14(23)20(3)10-11-21(15(24)5-2)12-13-28-18(27)19-8-9-22-16(25)6-7-17(22)26/h6-7H,4-5,8-13H2,1-3H3,(H,19,27). The minimum absolute atomic E-state index is 0.00779. The van der Waals surface area contributed by atoms with Crippen molar-refractivity contribution >= 4 is 29.7 Å². The van der Waals surface area contributed by atoms with Crippen molar-refractivity contribution < 1.29 is 28.7 Å². The normalized spacial score (nSPS) is 12.9. The summed E-state index contributed by atoms with van der Waals surface area (Å²) < 4.78 is 5.03. The number of ether oxygens (including phenoxy) is 1. The van der Waals surface area contributed by atoms with Gasteiger partial charge in [0.15, 0.2) is 0 Å². The van der Waals surface area contributed by atoms with Crippen LogP contribution >= 0.6 is 0 Å². The molecule has 0 aromatic carbocycles. The van der Waals surface area contributed by atoms with Gasteiger partial charge in [0.05, 0.1) is 6.54 Å². The molecule has 28 heavy (non-hydrogen) atoms. The maximum absolute atomic E-state index is 12.0. The van der Waals surface area contributed by atoms with Crippen molar-refractivity contribution in [1.29, 1.82) is 0 Å². The lowest BCUT2D eigenvalue weighted by Gasteiger charge is -2.25. The van der Waals surface area contributed by atoms with Crippen molar-refractivity contribution in [3.63, 3.8) is 0 Å². The molecule has 0 unspecified atom stereocenters. The minimum atomic E-state index is -0.700. The SMILES string of the molecule is CCC(=O)N(C)CCN(CCOC(=O)NCCN1C(=O)C=CC1=O)C(=O)CC. The molecule has 0 atom stereocenters. The molecule has 1 aliphatic heterocycles. The van der Waals surface area contributed by atoms with Crippen molar-refractivity contribution in [3.05, 3.63) is 12.2 Å². The summed E-state index contributed by atoms with van der Waals surface area (Å²) in [6.07, 6.45) is 2.35. The number of hydrogen-bond acceptors (Lipinski definition) is 6. The van der Waals surface area contributed by atoms with Crippen LogP contribution < -0.4 is 5.32 Å². The molecule has 0 aromatic heterocycles. The van der Waals surface area contributed by atoms with E-state index in [1.807, 2.05) is 0 Å². The van der Waals surface area contributed by atoms with Crippen LogP contribution in [0.1, 0.15) is 26.7 Å². The third-order valence-corrected chi connectivity index (χ3v) is 4.19. The fraction of sp³-hybridized carbons (Fsp3) is 0.611. The molecule has 1 aliphatic rings. The first-order valence-electron chi connectivity index (χ1n) is 9.26. The largest absolute Gasteiger partial charge is 0.448 e. The van der Waals surface area contributed by atoms with E-state index in [2.05, 4.69) is 5.32 Å². The minimum Gasteiger partial charge on any atom is -0.448 e. The van der Waals surface area contributed by atoms with E-state index in [-0.39, 0.29) is 38.1 Å². The molecular weight excluding hydrogens is 368 g/mol. The molecule has 10 nitrogen and oxygen atoms in total. The molecule has 1 N–H and O–H groups in total. The summed E-state index contributed by atoms with van der Waals surface area (Å²) in [5, 5.41) is 2.45. The highest BCUT2D eigenvalue weighted by molar-refractivity contribution is 6.12. The number of rotatable bonds is 11. The van der Waals surface area contributed by atoms with Crippen LogP contribution in [0.5, 0.6) is 0 Å². The van der Waals surface area contributed by atoms with Gasteiger partial charge >= 0.3 is 6.09 Å². The van der Waals surface area contributed by atoms with E-state index < -0.39 is 17.9 Å². The molecule has 156 valence electrons. The third-order valence-electron chi connectivity index (χ3n) is 4.19. The first-order valence-corrected chi connectivity index (χ1v) is 9.26. The maximum Gasteiger partial charge on any atom is 0.407 e. The molecule has 0 aliphatic carbocycles. The van der Waals surface area contributed by atoms with Crippen LogP contribution in [0.3, 0.4) is 0 Å². The number of likely N-dealkylation sites (N-methyl/N-ethyl adjacent to an activating group) is 1. The van der Waals surface area contributed by atoms with E-state index in [1.165, 1.54) is 12.2 Å². The van der Waals surface area contributed by atoms with Gasteiger partial charge in [-0.15, -0.1) is 0 Å². The average Bonchev–Trinajstić information content (AvgIpc) is 3.00. The maximum atomic E-state index is 12.0. The predicted octanol–water partition coefficient (Wildman–Crippen LogP) is -0.255. The third kappa shape index (κ3) is 7.37. The Morgan fingerprint density at radius 1 is 1.00 bits per heavy atom. The van der Waals surface area contributed by atoms with Gasteiger partial charge in [-0.05, 0) is 0 Å². The number of alkyl carbamates (subject to hydrolysis) is 1. The number of imide groups is 1. The van der Waals surface area contributed by atoms with E-state index in [9.17, 15) is 24.0 Å². The number of amides is 5. The van der Waals surface area contributed by atoms with E-state index >= 15 is 0 Å². The first-order chi connectivity index (χ1) is 13.3. The lowest BCUT2D eigenvalue weighted by atomic mass is 10.3. The Kier molecular flexibility index (Phi) is 9.69. The Hall–Kier alpha value is -2.91. The summed E-state index contributed by atoms with van der Waals surface area (Å²) in [6.45, 7) is 4.58. The van der Waals surface area contributed by atoms with E-state index in [0.717, 1.165) is 4.90 Å². The van der Waals surface area contributed by atoms with Gasteiger partial charge in [0.1, 0.15) is 6.61 Å². The molecular formula is C18H28N4O6. The van der Waals surface area contributed by atoms with Crippen LogP contribution in [-0.2, 0) is 23.9 Å². The number of nitrogens with one attached hydrogen (secondary N) is 1. The highest BCUT2D eigenvalue weighted by Gasteiger charge is 2.22. The molecule has 1 rings (SSSR count). The number of carbonyl (C=O) groups is 5. The molecule has 0 spiro atoms. The molecule has 0 saturated carbocycles. The van der Waals surface area contributed by atoms with Gasteiger partial charge in [-0.1, -0.05) is 13.8 Å². The molecule has 0 saturated heterocycles. The zero-order valence-electron chi connectivity index (χ0n) is 16.6. The van der Waals surface area contributed by atoms with E-state index in [0.29, 0.717) is 25.9 Å².